The number of alkyl halides is 3. The molecule has 1 amide bonds. The Morgan fingerprint density at radius 1 is 1.15 bits per heavy atom. The van der Waals surface area contributed by atoms with Crippen LogP contribution in [0.1, 0.15) is 24.6 Å². The monoisotopic (exact) mass is 595 g/mol. The maximum absolute atomic E-state index is 15.0. The number of aryl methyl sites for hydroxylation is 1. The van der Waals surface area contributed by atoms with E-state index in [1.807, 2.05) is 0 Å². The maximum atomic E-state index is 15.0. The second-order valence-corrected chi connectivity index (χ2v) is 10.8. The van der Waals surface area contributed by atoms with Gasteiger partial charge in [0.05, 0.1) is 29.5 Å². The topological polar surface area (TPSA) is 86.3 Å². The third-order valence-electron chi connectivity index (χ3n) is 6.96. The second-order valence-electron chi connectivity index (χ2n) is 9.53. The number of benzene rings is 2. The Kier molecular flexibility index (Phi) is 6.32. The van der Waals surface area contributed by atoms with E-state index in [1.54, 1.807) is 35.9 Å². The van der Waals surface area contributed by atoms with Crippen LogP contribution in [0.15, 0.2) is 39.8 Å². The van der Waals surface area contributed by atoms with Crippen LogP contribution in [0.2, 0.25) is 0 Å². The molecular weight excluding hydrogens is 576 g/mol. The highest BCUT2D eigenvalue weighted by Crippen LogP contribution is 2.56. The fourth-order valence-corrected chi connectivity index (χ4v) is 6.68. The smallest absolute Gasteiger partial charge is 0.406 e. The second kappa shape index (κ2) is 9.53. The fraction of sp³-hybridized carbons (Fsp3) is 0.308. The van der Waals surface area contributed by atoms with Gasteiger partial charge in [0.25, 0.3) is 5.91 Å². The molecule has 2 aliphatic rings. The molecule has 0 radical (unpaired) electrons. The summed E-state index contributed by atoms with van der Waals surface area (Å²) in [5, 5.41) is 8.41. The standard InChI is InChI=1S/C26H19F6N5O3S/c1-12-33-10-18(40-12)14-5-4-13(8-17(14)39-2)22-34-35-23-25(6-3-7-36(22)23)24(38)37(11-26(30,31)32)16-9-15(27)19(28)20(29)21(16)41-25/h4-5,8-10H,3,6-7,11H2,1-2H3. The van der Waals surface area contributed by atoms with Crippen LogP contribution in [0.4, 0.5) is 32.0 Å². The Morgan fingerprint density at radius 2 is 1.93 bits per heavy atom. The van der Waals surface area contributed by atoms with Crippen LogP contribution in [-0.2, 0) is 16.1 Å². The highest BCUT2D eigenvalue weighted by molar-refractivity contribution is 8.01. The van der Waals surface area contributed by atoms with E-state index in [1.165, 1.54) is 7.11 Å². The summed E-state index contributed by atoms with van der Waals surface area (Å²) in [5.74, 6) is -4.71. The lowest BCUT2D eigenvalue weighted by molar-refractivity contribution is -0.134. The highest BCUT2D eigenvalue weighted by atomic mass is 32.2. The van der Waals surface area contributed by atoms with Crippen molar-refractivity contribution in [2.75, 3.05) is 18.6 Å². The average Bonchev–Trinajstić information content (AvgIpc) is 3.57. The lowest BCUT2D eigenvalue weighted by Gasteiger charge is -2.43. The molecule has 1 spiro atoms. The number of oxazole rings is 1. The van der Waals surface area contributed by atoms with Gasteiger partial charge in [-0.2, -0.15) is 13.2 Å². The van der Waals surface area contributed by atoms with Crippen LogP contribution in [0.5, 0.6) is 5.75 Å². The van der Waals surface area contributed by atoms with Crippen molar-refractivity contribution in [2.45, 2.75) is 42.1 Å². The summed E-state index contributed by atoms with van der Waals surface area (Å²) in [6, 6.07) is 5.47. The molecular formula is C26H19F6N5O3S. The first-order valence-corrected chi connectivity index (χ1v) is 13.1. The summed E-state index contributed by atoms with van der Waals surface area (Å²) in [6.07, 6.45) is -3.12. The fourth-order valence-electron chi connectivity index (χ4n) is 5.19. The van der Waals surface area contributed by atoms with E-state index in [0.717, 1.165) is 0 Å². The van der Waals surface area contributed by atoms with Gasteiger partial charge in [-0.3, -0.25) is 4.79 Å². The van der Waals surface area contributed by atoms with Crippen LogP contribution >= 0.6 is 11.8 Å². The molecule has 41 heavy (non-hydrogen) atoms. The van der Waals surface area contributed by atoms with E-state index < -0.39 is 51.4 Å². The summed E-state index contributed by atoms with van der Waals surface area (Å²) in [6.45, 7) is 0.162. The first-order valence-electron chi connectivity index (χ1n) is 12.2. The molecule has 4 heterocycles. The number of methoxy groups -OCH3 is 1. The number of halogens is 6. The van der Waals surface area contributed by atoms with Crippen LogP contribution < -0.4 is 9.64 Å². The zero-order chi connectivity index (χ0) is 29.3. The average molecular weight is 596 g/mol. The first-order chi connectivity index (χ1) is 19.4. The number of nitrogens with zero attached hydrogens (tertiary/aromatic N) is 5. The molecule has 15 heteroatoms. The van der Waals surface area contributed by atoms with E-state index in [-0.39, 0.29) is 29.4 Å². The van der Waals surface area contributed by atoms with Crippen LogP contribution in [0.25, 0.3) is 22.7 Å². The van der Waals surface area contributed by atoms with Gasteiger partial charge in [0.15, 0.2) is 45.5 Å². The van der Waals surface area contributed by atoms with Gasteiger partial charge in [-0.05, 0) is 25.0 Å². The number of ether oxygens (including phenoxy) is 1. The molecule has 0 fully saturated rings. The molecule has 1 atom stereocenters. The summed E-state index contributed by atoms with van der Waals surface area (Å²) < 4.78 is 94.9. The predicted octanol–water partition coefficient (Wildman–Crippen LogP) is 6.02. The van der Waals surface area contributed by atoms with Crippen LogP contribution in [0, 0.1) is 24.4 Å². The largest absolute Gasteiger partial charge is 0.496 e. The van der Waals surface area contributed by atoms with Crippen LogP contribution in [-0.4, -0.2) is 45.5 Å². The van der Waals surface area contributed by atoms with Crippen molar-refractivity contribution in [3.63, 3.8) is 0 Å². The molecule has 0 aliphatic carbocycles. The highest BCUT2D eigenvalue weighted by Gasteiger charge is 2.56. The lowest BCUT2D eigenvalue weighted by atomic mass is 9.94. The Bertz CT molecular complexity index is 1700. The van der Waals surface area contributed by atoms with E-state index in [2.05, 4.69) is 15.2 Å². The Labute approximate surface area is 232 Å². The lowest BCUT2D eigenvalue weighted by Crippen LogP contribution is -2.53. The summed E-state index contributed by atoms with van der Waals surface area (Å²) in [7, 11) is 1.46. The van der Waals surface area contributed by atoms with Gasteiger partial charge < -0.3 is 18.6 Å². The van der Waals surface area contributed by atoms with E-state index in [4.69, 9.17) is 9.15 Å². The Hall–Kier alpha value is -4.01. The quantitative estimate of drug-likeness (QED) is 0.211. The van der Waals surface area contributed by atoms with Crippen LogP contribution in [0.3, 0.4) is 0 Å². The Balaban J connectivity index is 1.48. The number of amides is 1. The maximum Gasteiger partial charge on any atom is 0.406 e. The minimum absolute atomic E-state index is 0.0235. The van der Waals surface area contributed by atoms with Crippen molar-refractivity contribution >= 4 is 23.4 Å². The van der Waals surface area contributed by atoms with Gasteiger partial charge in [-0.25, -0.2) is 18.2 Å². The molecule has 214 valence electrons. The van der Waals surface area contributed by atoms with Gasteiger partial charge in [-0.1, -0.05) is 17.8 Å². The SMILES string of the molecule is COc1cc(-c2nnc3n2CCCC32Sc3c(cc(F)c(F)c3F)N(CC(F)(F)F)C2=O)ccc1-c1cnc(C)o1. The molecule has 0 bridgehead atoms. The predicted molar refractivity (Wildman–Crippen MR) is 134 cm³/mol. The molecule has 0 saturated heterocycles. The van der Waals surface area contributed by atoms with E-state index >= 15 is 4.39 Å². The third kappa shape index (κ3) is 4.33. The van der Waals surface area contributed by atoms with Crippen molar-refractivity contribution < 1.29 is 40.3 Å². The number of rotatable bonds is 4. The number of carbonyl (C=O) groups excluding carboxylic acids is 1. The van der Waals surface area contributed by atoms with E-state index in [9.17, 15) is 26.7 Å². The number of hydrogen-bond acceptors (Lipinski definition) is 7. The van der Waals surface area contributed by atoms with Gasteiger partial charge >= 0.3 is 6.18 Å². The van der Waals surface area contributed by atoms with E-state index in [0.29, 0.717) is 52.9 Å². The molecule has 1 unspecified atom stereocenters. The molecule has 0 N–H and O–H groups in total. The molecule has 2 aliphatic heterocycles. The normalized spacial score (nSPS) is 18.5. The number of fused-ring (bicyclic) bond motifs is 3. The zero-order valence-corrected chi connectivity index (χ0v) is 22.2. The third-order valence-corrected chi connectivity index (χ3v) is 8.46. The molecule has 8 nitrogen and oxygen atoms in total. The molecule has 0 saturated carbocycles. The number of thioether (sulfide) groups is 1. The summed E-state index contributed by atoms with van der Waals surface area (Å²) in [4.78, 5) is 17.5. The number of hydrogen-bond donors (Lipinski definition) is 0. The molecule has 2 aromatic heterocycles. The summed E-state index contributed by atoms with van der Waals surface area (Å²) in [5.41, 5.74) is 0.422. The van der Waals surface area contributed by atoms with Gasteiger partial charge in [0.1, 0.15) is 12.3 Å². The number of aromatic nitrogens is 4. The van der Waals surface area contributed by atoms with Gasteiger partial charge in [0.2, 0.25) is 0 Å². The number of carbonyl (C=O) groups is 1. The number of anilines is 1. The van der Waals surface area contributed by atoms with Crippen molar-refractivity contribution in [1.82, 2.24) is 19.7 Å². The minimum atomic E-state index is -4.91. The van der Waals surface area contributed by atoms with Crippen molar-refractivity contribution in [1.29, 1.82) is 0 Å². The van der Waals surface area contributed by atoms with Crippen molar-refractivity contribution in [2.24, 2.45) is 0 Å². The van der Waals surface area contributed by atoms with Gasteiger partial charge in [0, 0.05) is 25.1 Å². The van der Waals surface area contributed by atoms with Crippen molar-refractivity contribution in [3.8, 4) is 28.5 Å². The Morgan fingerprint density at radius 3 is 2.61 bits per heavy atom. The summed E-state index contributed by atoms with van der Waals surface area (Å²) >= 11 is 0.521. The molecule has 6 rings (SSSR count). The van der Waals surface area contributed by atoms with Gasteiger partial charge in [-0.15, -0.1) is 10.2 Å². The first kappa shape index (κ1) is 27.2. The molecule has 2 aromatic carbocycles. The van der Waals surface area contributed by atoms with Crippen molar-refractivity contribution in [3.05, 3.63) is 59.6 Å². The molecule has 4 aromatic rings. The minimum Gasteiger partial charge on any atom is -0.496 e. The zero-order valence-electron chi connectivity index (χ0n) is 21.4.